The third-order valence-electron chi connectivity index (χ3n) is 12.2. The maximum Gasteiger partial charge on any atom is 0.0726 e. The molecule has 0 fully saturated rings. The molecular formula is C63H46P2S2. The standard InChI is InChI=1S/C63H46P2S2/c1-43-23-35-55-56-36-24-44(2)40-60(56)63(59(55)39-43)61-41-47(45-25-31-53(32-26-45)64(66,49-15-7-3-8-16-49)50-17-9-4-10-18-50)29-37-57(61)58-38-30-48(42-62(58)63)46-27-33-54(34-28-46)65(67,51-19-11-5-12-20-51)52-21-13-6-14-22-52/h3-42H,1-2H3/i3D,4D,5D,6D,7D,8D,9D,10D,11D,12D,13D,14D,15D,16D,17D,18D,19D,20D,21D,22D,25D,26D,27D,28D,31D,32D,33D,34D. The monoisotopic (exact) mass is 956 g/mol. The van der Waals surface area contributed by atoms with Crippen molar-refractivity contribution in [3.8, 4) is 44.5 Å². The van der Waals surface area contributed by atoms with Gasteiger partial charge in [-0.2, -0.15) is 0 Å². The number of aryl methyl sites for hydroxylation is 2. The van der Waals surface area contributed by atoms with Crippen LogP contribution in [0.1, 0.15) is 71.8 Å². The summed E-state index contributed by atoms with van der Waals surface area (Å²) in [5.74, 6) is 0. The van der Waals surface area contributed by atoms with E-state index in [0.29, 0.717) is 33.4 Å². The molecule has 12 rings (SSSR count). The van der Waals surface area contributed by atoms with Gasteiger partial charge in [0.25, 0.3) is 0 Å². The Morgan fingerprint density at radius 2 is 0.582 bits per heavy atom. The van der Waals surface area contributed by atoms with E-state index in [4.69, 9.17) is 51.0 Å². The molecule has 0 unspecified atom stereocenters. The van der Waals surface area contributed by atoms with Crippen molar-refractivity contribution in [2.75, 3.05) is 0 Å². The van der Waals surface area contributed by atoms with E-state index in [9.17, 15) is 11.0 Å². The summed E-state index contributed by atoms with van der Waals surface area (Å²) in [6.45, 7) is 3.77. The summed E-state index contributed by atoms with van der Waals surface area (Å²) in [5, 5.41) is -4.51. The minimum Gasteiger partial charge on any atom is -0.0826 e. The third-order valence-corrected chi connectivity index (χ3v) is 20.6. The van der Waals surface area contributed by atoms with E-state index in [1.807, 2.05) is 50.2 Å². The predicted octanol–water partition coefficient (Wildman–Crippen LogP) is 13.5. The molecule has 10 aromatic rings. The van der Waals surface area contributed by atoms with Gasteiger partial charge in [0.05, 0.1) is 43.8 Å². The fraction of sp³-hybridized carbons (Fsp3) is 0.0476. The average Bonchev–Trinajstić information content (AvgIpc) is 1.56. The van der Waals surface area contributed by atoms with Crippen LogP contribution in [0.15, 0.2) is 242 Å². The molecule has 67 heavy (non-hydrogen) atoms. The van der Waals surface area contributed by atoms with Crippen LogP contribution in [0.25, 0.3) is 44.5 Å². The molecule has 320 valence electrons. The first-order chi connectivity index (χ1) is 44.4. The van der Waals surface area contributed by atoms with Crippen LogP contribution in [0.3, 0.4) is 0 Å². The van der Waals surface area contributed by atoms with Gasteiger partial charge in [0.15, 0.2) is 0 Å². The highest BCUT2D eigenvalue weighted by Crippen LogP contribution is 2.64. The molecule has 0 aromatic heterocycles. The third kappa shape index (κ3) is 6.54. The van der Waals surface area contributed by atoms with E-state index < -0.39 is 219 Å². The molecule has 0 saturated carbocycles. The topological polar surface area (TPSA) is 0 Å². The molecule has 0 amide bonds. The van der Waals surface area contributed by atoms with Crippen LogP contribution in [-0.2, 0) is 29.0 Å². The number of hydrogen-bond acceptors (Lipinski definition) is 2. The smallest absolute Gasteiger partial charge is 0.0726 e. The molecule has 10 aromatic carbocycles. The van der Waals surface area contributed by atoms with E-state index in [2.05, 4.69) is 0 Å². The number of rotatable bonds is 8. The van der Waals surface area contributed by atoms with Gasteiger partial charge in [0.2, 0.25) is 0 Å². The Morgan fingerprint density at radius 3 is 0.896 bits per heavy atom. The van der Waals surface area contributed by atoms with Gasteiger partial charge in [-0.25, -0.2) is 0 Å². The first kappa shape index (κ1) is 21.6. The van der Waals surface area contributed by atoms with Gasteiger partial charge in [-0.1, -0.05) is 265 Å². The molecule has 0 nitrogen and oxygen atoms in total. The van der Waals surface area contributed by atoms with Crippen molar-refractivity contribution in [1.82, 2.24) is 0 Å². The van der Waals surface area contributed by atoms with E-state index in [0.717, 1.165) is 22.3 Å². The van der Waals surface area contributed by atoms with Crippen LogP contribution in [0.2, 0.25) is 0 Å². The molecule has 0 bridgehead atoms. The van der Waals surface area contributed by atoms with E-state index in [1.54, 1.807) is 36.4 Å². The summed E-state index contributed by atoms with van der Waals surface area (Å²) in [4.78, 5) is 0. The lowest BCUT2D eigenvalue weighted by Crippen LogP contribution is -2.26. The molecule has 0 heterocycles. The summed E-state index contributed by atoms with van der Waals surface area (Å²) < 4.78 is 254. The Morgan fingerprint density at radius 1 is 0.313 bits per heavy atom. The second-order valence-electron chi connectivity index (χ2n) is 15.9. The Balaban J connectivity index is 1.13. The van der Waals surface area contributed by atoms with Crippen molar-refractivity contribution >= 4 is 67.5 Å². The lowest BCUT2D eigenvalue weighted by Gasteiger charge is -2.31. The highest BCUT2D eigenvalue weighted by molar-refractivity contribution is 8.26. The van der Waals surface area contributed by atoms with Crippen molar-refractivity contribution in [3.05, 3.63) is 275 Å². The highest BCUT2D eigenvalue weighted by atomic mass is 32.4. The first-order valence-electron chi connectivity index (χ1n) is 34.7. The van der Waals surface area contributed by atoms with Crippen LogP contribution in [0, 0.1) is 13.8 Å². The Bertz CT molecular complexity index is 4710. The van der Waals surface area contributed by atoms with Crippen molar-refractivity contribution in [2.24, 2.45) is 0 Å². The predicted molar refractivity (Wildman–Crippen MR) is 295 cm³/mol. The zero-order valence-corrected chi connectivity index (χ0v) is 38.6. The summed E-state index contributed by atoms with van der Waals surface area (Å²) in [5.41, 5.74) is 4.97. The fourth-order valence-corrected chi connectivity index (χ4v) is 14.8. The van der Waals surface area contributed by atoms with Gasteiger partial charge < -0.3 is 0 Å². The molecule has 0 aliphatic heterocycles. The van der Waals surface area contributed by atoms with Gasteiger partial charge in [-0.05, 0) is 125 Å². The van der Waals surface area contributed by atoms with E-state index in [-0.39, 0.29) is 22.3 Å². The number of hydrogen-bond donors (Lipinski definition) is 0. The maximum absolute atomic E-state index is 9.86. The first-order valence-corrected chi connectivity index (χ1v) is 26.3. The quantitative estimate of drug-likeness (QED) is 0.139. The second kappa shape index (κ2) is 16.4. The molecule has 4 heteroatoms. The molecular weight excluding hydrogens is 883 g/mol. The van der Waals surface area contributed by atoms with Crippen LogP contribution in [-0.4, -0.2) is 0 Å². The van der Waals surface area contributed by atoms with Gasteiger partial charge in [0, 0.05) is 12.1 Å². The van der Waals surface area contributed by atoms with Crippen LogP contribution in [0.4, 0.5) is 0 Å². The molecule has 0 atom stereocenters. The molecule has 0 saturated heterocycles. The van der Waals surface area contributed by atoms with E-state index >= 15 is 0 Å². The molecule has 2 aliphatic rings. The van der Waals surface area contributed by atoms with Crippen molar-refractivity contribution in [1.29, 1.82) is 0 Å². The minimum absolute atomic E-state index is 0.0954. The zero-order chi connectivity index (χ0) is 69.7. The van der Waals surface area contributed by atoms with Crippen molar-refractivity contribution in [3.63, 3.8) is 0 Å². The molecule has 0 N–H and O–H groups in total. The van der Waals surface area contributed by atoms with Crippen LogP contribution in [0.5, 0.6) is 0 Å². The average molecular weight is 957 g/mol. The second-order valence-corrected chi connectivity index (χ2v) is 24.3. The van der Waals surface area contributed by atoms with Gasteiger partial charge >= 0.3 is 0 Å². The number of fused-ring (bicyclic) bond motifs is 10. The Kier molecular flexibility index (Phi) is 5.29. The summed E-state index contributed by atoms with van der Waals surface area (Å²) >= 11 is 12.7. The SMILES string of the molecule is [2H]c1c([2H])c([2H])c(P(=S)(c2c([2H])c([2H])c([2H])c([2H])c2[2H])c2c([2H])c([2H])c(-c3ccc4c(c3)C3(c5cc(C)ccc5-c5ccc(C)cc53)c3cc(-c5c([2H])c([2H])c(P(=S)(c6c([2H])c([2H])c([2H])c([2H])c6[2H])c6c([2H])c([2H])c([2H])c([2H])c6[2H])c([2H])c5[2H])ccc3-4)c([2H])c2[2H])c([2H])c1[2H]. The lowest BCUT2D eigenvalue weighted by molar-refractivity contribution is 0.792. The van der Waals surface area contributed by atoms with Gasteiger partial charge in [0.1, 0.15) is 0 Å². The number of benzene rings is 10. The highest BCUT2D eigenvalue weighted by Gasteiger charge is 2.52. The molecule has 1 spiro atoms. The largest absolute Gasteiger partial charge is 0.0826 e. The zero-order valence-electron chi connectivity index (χ0n) is 63.1. The van der Waals surface area contributed by atoms with Gasteiger partial charge in [-0.15, -0.1) is 0 Å². The summed E-state index contributed by atoms with van der Waals surface area (Å²) in [6.07, 6.45) is 0. The molecule has 0 radical (unpaired) electrons. The Hall–Kier alpha value is -6.50. The lowest BCUT2D eigenvalue weighted by atomic mass is 9.69. The van der Waals surface area contributed by atoms with E-state index in [1.165, 1.54) is 0 Å². The fourth-order valence-electron chi connectivity index (χ4n) is 9.26. The molecule has 2 aliphatic carbocycles. The summed E-state index contributed by atoms with van der Waals surface area (Å²) in [6, 6.07) is -13.1. The minimum atomic E-state index is -4.88. The maximum atomic E-state index is 9.86. The normalized spacial score (nSPS) is 19.0. The Labute approximate surface area is 444 Å². The van der Waals surface area contributed by atoms with Crippen LogP contribution < -0.4 is 31.8 Å². The van der Waals surface area contributed by atoms with Crippen LogP contribution >= 0.6 is 12.1 Å². The van der Waals surface area contributed by atoms with Crippen molar-refractivity contribution in [2.45, 2.75) is 19.3 Å². The summed E-state index contributed by atoms with van der Waals surface area (Å²) in [7, 11) is 0. The van der Waals surface area contributed by atoms with Gasteiger partial charge in [-0.3, -0.25) is 0 Å². The van der Waals surface area contributed by atoms with Crippen molar-refractivity contribution < 1.29 is 38.4 Å².